The van der Waals surface area contributed by atoms with Crippen molar-refractivity contribution in [1.29, 1.82) is 0 Å². The maximum atomic E-state index is 12.9. The molecule has 1 heterocycles. The molecule has 1 N–H and O–H groups in total. The first kappa shape index (κ1) is 15.9. The Labute approximate surface area is 142 Å². The first-order valence-corrected chi connectivity index (χ1v) is 8.22. The van der Waals surface area contributed by atoms with Crippen molar-refractivity contribution >= 4 is 29.0 Å². The number of urea groups is 1. The molecule has 0 aromatic heterocycles. The maximum Gasteiger partial charge on any atom is 0.326 e. The highest BCUT2D eigenvalue weighted by atomic mass is 35.5. The highest BCUT2D eigenvalue weighted by Crippen LogP contribution is 2.43. The van der Waals surface area contributed by atoms with Crippen LogP contribution in [0.5, 0.6) is 0 Å². The van der Waals surface area contributed by atoms with Crippen LogP contribution in [0.4, 0.5) is 16.2 Å². The minimum absolute atomic E-state index is 0.128. The predicted molar refractivity (Wildman–Crippen MR) is 96.5 cm³/mol. The van der Waals surface area contributed by atoms with Crippen LogP contribution in [0.3, 0.4) is 0 Å². The molecule has 1 aliphatic rings. The zero-order valence-electron chi connectivity index (χ0n) is 13.6. The molecule has 2 aromatic rings. The largest absolute Gasteiger partial charge is 0.326 e. The summed E-state index contributed by atoms with van der Waals surface area (Å²) < 4.78 is 0. The molecule has 3 rings (SSSR count). The molecule has 0 aliphatic carbocycles. The lowest BCUT2D eigenvalue weighted by Crippen LogP contribution is -2.53. The third kappa shape index (κ3) is 3.06. The summed E-state index contributed by atoms with van der Waals surface area (Å²) in [5.41, 5.74) is 2.65. The fourth-order valence-corrected chi connectivity index (χ4v) is 3.70. The lowest BCUT2D eigenvalue weighted by atomic mass is 9.80. The molecule has 0 radical (unpaired) electrons. The number of anilines is 2. The molecule has 0 spiro atoms. The fourth-order valence-electron chi connectivity index (χ4n) is 3.51. The molecule has 1 atom stereocenters. The number of halogens is 1. The van der Waals surface area contributed by atoms with Gasteiger partial charge in [0.25, 0.3) is 0 Å². The van der Waals surface area contributed by atoms with Gasteiger partial charge in [0.1, 0.15) is 0 Å². The minimum atomic E-state index is -0.254. The number of rotatable bonds is 1. The molecule has 2 amide bonds. The Balaban J connectivity index is 1.96. The van der Waals surface area contributed by atoms with E-state index < -0.39 is 0 Å². The van der Waals surface area contributed by atoms with Gasteiger partial charge in [0.2, 0.25) is 0 Å². The summed E-state index contributed by atoms with van der Waals surface area (Å²) in [5, 5.41) is 3.57. The number of fused-ring (bicyclic) bond motifs is 1. The van der Waals surface area contributed by atoms with Crippen molar-refractivity contribution in [1.82, 2.24) is 0 Å². The van der Waals surface area contributed by atoms with Gasteiger partial charge in [0.15, 0.2) is 0 Å². The third-order valence-electron chi connectivity index (χ3n) is 4.40. The molecule has 4 heteroatoms. The summed E-state index contributed by atoms with van der Waals surface area (Å²) in [7, 11) is 0. The van der Waals surface area contributed by atoms with Crippen LogP contribution in [-0.2, 0) is 0 Å². The van der Waals surface area contributed by atoms with Crippen molar-refractivity contribution < 1.29 is 4.79 Å². The number of hydrogen-bond donors (Lipinski definition) is 1. The van der Waals surface area contributed by atoms with E-state index in [4.69, 9.17) is 11.6 Å². The normalized spacial score (nSPS) is 19.1. The van der Waals surface area contributed by atoms with Crippen LogP contribution in [0.2, 0.25) is 5.02 Å². The van der Waals surface area contributed by atoms with Crippen LogP contribution < -0.4 is 10.2 Å². The minimum Gasteiger partial charge on any atom is -0.307 e. The summed E-state index contributed by atoms with van der Waals surface area (Å²) in [4.78, 5) is 14.8. The van der Waals surface area contributed by atoms with Gasteiger partial charge in [0, 0.05) is 21.9 Å². The van der Waals surface area contributed by atoms with Gasteiger partial charge in [0.05, 0.1) is 0 Å². The SMILES string of the molecule is CC1CC(C)(C)N(C(=O)Nc2cccc(Cl)c2)c2ccccc21. The molecule has 0 bridgehead atoms. The van der Waals surface area contributed by atoms with E-state index in [9.17, 15) is 4.79 Å². The number of carbonyl (C=O) groups is 1. The third-order valence-corrected chi connectivity index (χ3v) is 4.63. The van der Waals surface area contributed by atoms with Crippen molar-refractivity contribution in [3.63, 3.8) is 0 Å². The Morgan fingerprint density at radius 3 is 2.70 bits per heavy atom. The van der Waals surface area contributed by atoms with Crippen molar-refractivity contribution in [3.8, 4) is 0 Å². The lowest BCUT2D eigenvalue weighted by Gasteiger charge is -2.45. The first-order chi connectivity index (χ1) is 10.9. The number of benzene rings is 2. The van der Waals surface area contributed by atoms with Gasteiger partial charge in [-0.05, 0) is 56.0 Å². The molecule has 2 aromatic carbocycles. The van der Waals surface area contributed by atoms with Crippen LogP contribution in [0, 0.1) is 0 Å². The molecule has 0 saturated heterocycles. The van der Waals surface area contributed by atoms with Gasteiger partial charge in [-0.15, -0.1) is 0 Å². The molecule has 0 fully saturated rings. The van der Waals surface area contributed by atoms with Gasteiger partial charge in [-0.1, -0.05) is 42.8 Å². The second-order valence-corrected chi connectivity index (χ2v) is 7.19. The summed E-state index contributed by atoms with van der Waals surface area (Å²) in [6.45, 7) is 6.43. The molecule has 1 aliphatic heterocycles. The number of para-hydroxylation sites is 1. The highest BCUT2D eigenvalue weighted by molar-refractivity contribution is 6.30. The van der Waals surface area contributed by atoms with E-state index in [-0.39, 0.29) is 11.6 Å². The molecule has 23 heavy (non-hydrogen) atoms. The zero-order valence-corrected chi connectivity index (χ0v) is 14.4. The average molecular weight is 329 g/mol. The quantitative estimate of drug-likeness (QED) is 0.719. The van der Waals surface area contributed by atoms with E-state index in [1.807, 2.05) is 35.2 Å². The second-order valence-electron chi connectivity index (χ2n) is 6.75. The topological polar surface area (TPSA) is 32.3 Å². The molecular formula is C19H21ClN2O. The Morgan fingerprint density at radius 2 is 1.96 bits per heavy atom. The predicted octanol–water partition coefficient (Wildman–Crippen LogP) is 5.66. The van der Waals surface area contributed by atoms with Gasteiger partial charge in [-0.3, -0.25) is 4.90 Å². The van der Waals surface area contributed by atoms with Crippen LogP contribution in [0.1, 0.15) is 38.7 Å². The number of nitrogens with one attached hydrogen (secondary N) is 1. The van der Waals surface area contributed by atoms with E-state index in [0.717, 1.165) is 12.1 Å². The number of amides is 2. The summed E-state index contributed by atoms with van der Waals surface area (Å²) >= 11 is 6.01. The Bertz CT molecular complexity index is 742. The van der Waals surface area contributed by atoms with Crippen molar-refractivity contribution in [2.45, 2.75) is 38.6 Å². The van der Waals surface area contributed by atoms with E-state index in [0.29, 0.717) is 16.6 Å². The fraction of sp³-hybridized carbons (Fsp3) is 0.316. The van der Waals surface area contributed by atoms with Crippen molar-refractivity contribution in [2.24, 2.45) is 0 Å². The standard InChI is InChI=1S/C19H21ClN2O/c1-13-12-19(2,3)22(17-10-5-4-9-16(13)17)18(23)21-15-8-6-7-14(20)11-15/h4-11,13H,12H2,1-3H3,(H,21,23). The van der Waals surface area contributed by atoms with Crippen LogP contribution in [0.15, 0.2) is 48.5 Å². The summed E-state index contributed by atoms with van der Waals surface area (Å²) in [6.07, 6.45) is 0.924. The van der Waals surface area contributed by atoms with Gasteiger partial charge >= 0.3 is 6.03 Å². The second kappa shape index (κ2) is 5.89. The number of nitrogens with zero attached hydrogens (tertiary/aromatic N) is 1. The molecule has 0 saturated carbocycles. The van der Waals surface area contributed by atoms with Crippen molar-refractivity contribution in [2.75, 3.05) is 10.2 Å². The highest BCUT2D eigenvalue weighted by Gasteiger charge is 2.39. The van der Waals surface area contributed by atoms with Gasteiger partial charge in [-0.2, -0.15) is 0 Å². The molecule has 1 unspecified atom stereocenters. The Morgan fingerprint density at radius 1 is 1.22 bits per heavy atom. The van der Waals surface area contributed by atoms with Crippen LogP contribution in [-0.4, -0.2) is 11.6 Å². The Kier molecular flexibility index (Phi) is 4.07. The van der Waals surface area contributed by atoms with Crippen LogP contribution in [0.25, 0.3) is 0 Å². The maximum absolute atomic E-state index is 12.9. The van der Waals surface area contributed by atoms with E-state index in [1.54, 1.807) is 12.1 Å². The summed E-state index contributed by atoms with van der Waals surface area (Å²) in [6, 6.07) is 15.2. The molecular weight excluding hydrogens is 308 g/mol. The molecule has 3 nitrogen and oxygen atoms in total. The van der Waals surface area contributed by atoms with Gasteiger partial charge in [-0.25, -0.2) is 4.79 Å². The molecule has 120 valence electrons. The number of carbonyl (C=O) groups excluding carboxylic acids is 1. The van der Waals surface area contributed by atoms with Crippen molar-refractivity contribution in [3.05, 3.63) is 59.1 Å². The monoisotopic (exact) mass is 328 g/mol. The summed E-state index contributed by atoms with van der Waals surface area (Å²) in [5.74, 6) is 0.427. The van der Waals surface area contributed by atoms with E-state index in [1.165, 1.54) is 5.56 Å². The Hall–Kier alpha value is -2.00. The van der Waals surface area contributed by atoms with Gasteiger partial charge < -0.3 is 5.32 Å². The smallest absolute Gasteiger partial charge is 0.307 e. The zero-order chi connectivity index (χ0) is 16.6. The lowest BCUT2D eigenvalue weighted by molar-refractivity contribution is 0.247. The number of hydrogen-bond acceptors (Lipinski definition) is 1. The van der Waals surface area contributed by atoms with Crippen LogP contribution >= 0.6 is 11.6 Å². The average Bonchev–Trinajstić information content (AvgIpc) is 2.46. The first-order valence-electron chi connectivity index (χ1n) is 7.84. The van der Waals surface area contributed by atoms with E-state index >= 15 is 0 Å². The van der Waals surface area contributed by atoms with E-state index in [2.05, 4.69) is 32.2 Å².